The Bertz CT molecular complexity index is 456. The number of carbonyl (C=O) groups excluding carboxylic acids is 2. The van der Waals surface area contributed by atoms with E-state index in [-0.39, 0.29) is 34.0 Å². The smallest absolute Gasteiger partial charge is 0.193 e. The van der Waals surface area contributed by atoms with E-state index in [0.717, 1.165) is 0 Å². The molecule has 1 aliphatic rings. The topological polar surface area (TPSA) is 63.6 Å². The summed E-state index contributed by atoms with van der Waals surface area (Å²) in [6, 6.07) is 0. The fourth-order valence-electron chi connectivity index (χ4n) is 2.70. The lowest BCUT2D eigenvalue weighted by Gasteiger charge is -2.42. The molecule has 2 atom stereocenters. The molecule has 0 unspecified atom stereocenters. The van der Waals surface area contributed by atoms with Crippen LogP contribution >= 0.6 is 0 Å². The standard InChI is InChI=1S/C18H36O4Si2/c1-17(2,3)24(8,9)22-15-11-14(19)10-13(16(15)20)12-18(4,5)23(6,7)21/h13,15,21H,10-12H2,1-9H3/t13-,15+/m0/s1. The molecular formula is C18H36O4Si2. The van der Waals surface area contributed by atoms with Crippen LogP contribution in [-0.4, -0.2) is 39.1 Å². The van der Waals surface area contributed by atoms with Gasteiger partial charge in [0.15, 0.2) is 22.4 Å². The molecule has 4 nitrogen and oxygen atoms in total. The summed E-state index contributed by atoms with van der Waals surface area (Å²) in [7, 11) is -4.52. The van der Waals surface area contributed by atoms with Crippen LogP contribution in [-0.2, 0) is 14.0 Å². The van der Waals surface area contributed by atoms with E-state index in [1.165, 1.54) is 0 Å². The van der Waals surface area contributed by atoms with Crippen LogP contribution in [0, 0.1) is 5.92 Å². The molecule has 1 fully saturated rings. The average Bonchev–Trinajstić information content (AvgIpc) is 2.31. The molecule has 0 aromatic rings. The van der Waals surface area contributed by atoms with Gasteiger partial charge in [0, 0.05) is 18.8 Å². The molecule has 1 rings (SSSR count). The fraction of sp³-hybridized carbons (Fsp3) is 0.889. The summed E-state index contributed by atoms with van der Waals surface area (Å²) >= 11 is 0. The summed E-state index contributed by atoms with van der Waals surface area (Å²) in [6.45, 7) is 18.4. The second kappa shape index (κ2) is 6.78. The van der Waals surface area contributed by atoms with Gasteiger partial charge in [-0.3, -0.25) is 9.59 Å². The summed E-state index contributed by atoms with van der Waals surface area (Å²) in [5, 5.41) is -0.311. The van der Waals surface area contributed by atoms with Gasteiger partial charge in [-0.1, -0.05) is 34.6 Å². The number of ketones is 2. The van der Waals surface area contributed by atoms with Crippen LogP contribution in [0.4, 0.5) is 0 Å². The van der Waals surface area contributed by atoms with Gasteiger partial charge in [-0.05, 0) is 42.7 Å². The first-order chi connectivity index (χ1) is 10.5. The first kappa shape index (κ1) is 21.7. The van der Waals surface area contributed by atoms with Crippen LogP contribution in [0.2, 0.25) is 36.3 Å². The zero-order chi connectivity index (χ0) is 19.1. The minimum Gasteiger partial charge on any atom is -0.432 e. The molecule has 0 bridgehead atoms. The van der Waals surface area contributed by atoms with E-state index >= 15 is 0 Å². The summed E-state index contributed by atoms with van der Waals surface area (Å²) in [5.74, 6) is -0.155. The molecule has 1 N–H and O–H groups in total. The number of hydrogen-bond donors (Lipinski definition) is 1. The van der Waals surface area contributed by atoms with Gasteiger partial charge < -0.3 is 9.22 Å². The van der Waals surface area contributed by atoms with E-state index in [4.69, 9.17) is 4.43 Å². The Morgan fingerprint density at radius 3 is 1.96 bits per heavy atom. The second-order valence-electron chi connectivity index (χ2n) is 10.1. The monoisotopic (exact) mass is 372 g/mol. The third-order valence-electron chi connectivity index (χ3n) is 6.26. The summed E-state index contributed by atoms with van der Waals surface area (Å²) < 4.78 is 6.27. The Morgan fingerprint density at radius 1 is 1.04 bits per heavy atom. The van der Waals surface area contributed by atoms with Crippen molar-refractivity contribution in [3.63, 3.8) is 0 Å². The number of Topliss-reactive ketones (excluding diaryl/α,β-unsaturated/α-hetero) is 2. The molecule has 24 heavy (non-hydrogen) atoms. The van der Waals surface area contributed by atoms with Gasteiger partial charge in [0.1, 0.15) is 11.9 Å². The van der Waals surface area contributed by atoms with Crippen molar-refractivity contribution < 1.29 is 18.8 Å². The average molecular weight is 373 g/mol. The Kier molecular flexibility index (Phi) is 6.14. The van der Waals surface area contributed by atoms with Crippen molar-refractivity contribution in [2.75, 3.05) is 0 Å². The zero-order valence-electron chi connectivity index (χ0n) is 16.9. The molecule has 140 valence electrons. The normalized spacial score (nSPS) is 24.4. The third kappa shape index (κ3) is 4.87. The lowest BCUT2D eigenvalue weighted by atomic mass is 9.80. The van der Waals surface area contributed by atoms with Crippen molar-refractivity contribution >= 4 is 28.2 Å². The minimum atomic E-state index is -2.41. The molecule has 0 amide bonds. The maximum Gasteiger partial charge on any atom is 0.193 e. The van der Waals surface area contributed by atoms with E-state index in [9.17, 15) is 14.4 Å². The van der Waals surface area contributed by atoms with Crippen molar-refractivity contribution in [1.29, 1.82) is 0 Å². The number of hydrogen-bond acceptors (Lipinski definition) is 4. The first-order valence-corrected chi connectivity index (χ1v) is 14.8. The molecule has 0 aliphatic heterocycles. The fourth-order valence-corrected chi connectivity index (χ4v) is 4.71. The van der Waals surface area contributed by atoms with Gasteiger partial charge in [0.2, 0.25) is 0 Å². The van der Waals surface area contributed by atoms with E-state index in [1.807, 2.05) is 26.9 Å². The largest absolute Gasteiger partial charge is 0.432 e. The number of rotatable bonds is 5. The van der Waals surface area contributed by atoms with Crippen molar-refractivity contribution in [2.45, 2.75) is 96.2 Å². The highest BCUT2D eigenvalue weighted by atomic mass is 28.4. The molecule has 0 saturated heterocycles. The van der Waals surface area contributed by atoms with Crippen LogP contribution in [0.3, 0.4) is 0 Å². The highest BCUT2D eigenvalue weighted by Crippen LogP contribution is 2.45. The molecule has 0 heterocycles. The summed E-state index contributed by atoms with van der Waals surface area (Å²) in [5.41, 5.74) is 0. The van der Waals surface area contributed by atoms with Gasteiger partial charge in [-0.25, -0.2) is 0 Å². The maximum atomic E-state index is 13.0. The van der Waals surface area contributed by atoms with Gasteiger partial charge in [0.25, 0.3) is 0 Å². The van der Waals surface area contributed by atoms with Gasteiger partial charge >= 0.3 is 0 Å². The molecule has 1 saturated carbocycles. The Balaban J connectivity index is 2.97. The lowest BCUT2D eigenvalue weighted by molar-refractivity contribution is -0.141. The van der Waals surface area contributed by atoms with E-state index in [2.05, 4.69) is 33.9 Å². The SMILES string of the molecule is CC(C)(C[C@@H]1CC(=O)C[C@@H](O[Si](C)(C)C(C)(C)C)C1=O)[Si](C)(C)O. The van der Waals surface area contributed by atoms with Crippen molar-refractivity contribution in [1.82, 2.24) is 0 Å². The lowest BCUT2D eigenvalue weighted by Crippen LogP contribution is -2.50. The Morgan fingerprint density at radius 2 is 1.54 bits per heavy atom. The number of carbonyl (C=O) groups is 2. The quantitative estimate of drug-likeness (QED) is 0.731. The van der Waals surface area contributed by atoms with Crippen LogP contribution in [0.15, 0.2) is 0 Å². The second-order valence-corrected chi connectivity index (χ2v) is 19.3. The van der Waals surface area contributed by atoms with Gasteiger partial charge in [-0.15, -0.1) is 0 Å². The maximum absolute atomic E-state index is 13.0. The third-order valence-corrected chi connectivity index (χ3v) is 14.3. The summed E-state index contributed by atoms with van der Waals surface area (Å²) in [6.07, 6.45) is 0.466. The van der Waals surface area contributed by atoms with Crippen LogP contribution < -0.4 is 0 Å². The Hall–Kier alpha value is -0.306. The summed E-state index contributed by atoms with van der Waals surface area (Å²) in [4.78, 5) is 35.7. The molecule has 0 spiro atoms. The predicted molar refractivity (Wildman–Crippen MR) is 103 cm³/mol. The van der Waals surface area contributed by atoms with E-state index in [1.54, 1.807) is 0 Å². The molecule has 6 heteroatoms. The van der Waals surface area contributed by atoms with Gasteiger partial charge in [-0.2, -0.15) is 0 Å². The molecule has 0 aromatic heterocycles. The molecular weight excluding hydrogens is 336 g/mol. The van der Waals surface area contributed by atoms with Crippen molar-refractivity contribution in [3.05, 3.63) is 0 Å². The van der Waals surface area contributed by atoms with Crippen LogP contribution in [0.25, 0.3) is 0 Å². The Labute approximate surface area is 149 Å². The van der Waals surface area contributed by atoms with E-state index in [0.29, 0.717) is 12.8 Å². The molecule has 0 aromatic carbocycles. The first-order valence-electron chi connectivity index (χ1n) is 8.93. The van der Waals surface area contributed by atoms with E-state index < -0.39 is 22.7 Å². The van der Waals surface area contributed by atoms with Crippen molar-refractivity contribution in [2.24, 2.45) is 5.92 Å². The minimum absolute atomic E-state index is 0.00253. The predicted octanol–water partition coefficient (Wildman–Crippen LogP) is 4.29. The van der Waals surface area contributed by atoms with Gasteiger partial charge in [0.05, 0.1) is 0 Å². The van der Waals surface area contributed by atoms with Crippen molar-refractivity contribution in [3.8, 4) is 0 Å². The highest BCUT2D eigenvalue weighted by molar-refractivity contribution is 6.74. The molecule has 1 aliphatic carbocycles. The highest BCUT2D eigenvalue weighted by Gasteiger charge is 2.47. The zero-order valence-corrected chi connectivity index (χ0v) is 18.9. The van der Waals surface area contributed by atoms with Crippen LogP contribution in [0.5, 0.6) is 0 Å². The van der Waals surface area contributed by atoms with Crippen LogP contribution in [0.1, 0.15) is 53.9 Å². The molecule has 0 radical (unpaired) electrons.